The Bertz CT molecular complexity index is 450. The largest absolute Gasteiger partial charge is 0.313 e. The summed E-state index contributed by atoms with van der Waals surface area (Å²) < 4.78 is 0.803. The zero-order valence-corrected chi connectivity index (χ0v) is 10.7. The number of H-pyrrole nitrogens is 1. The van der Waals surface area contributed by atoms with Crippen LogP contribution in [0.15, 0.2) is 17.6 Å². The van der Waals surface area contributed by atoms with E-state index < -0.39 is 0 Å². The lowest BCUT2D eigenvalue weighted by Crippen LogP contribution is -2.13. The summed E-state index contributed by atoms with van der Waals surface area (Å²) >= 11 is 7.46. The van der Waals surface area contributed by atoms with Crippen molar-refractivity contribution < 1.29 is 0 Å². The molecule has 2 aromatic rings. The van der Waals surface area contributed by atoms with E-state index in [1.165, 1.54) is 16.9 Å². The minimum Gasteiger partial charge on any atom is -0.313 e. The van der Waals surface area contributed by atoms with Crippen molar-refractivity contribution in [2.24, 2.45) is 0 Å². The molecular formula is C11H14ClN3S. The molecule has 0 aromatic carbocycles. The topological polar surface area (TPSA) is 40.7 Å². The van der Waals surface area contributed by atoms with E-state index in [4.69, 9.17) is 11.6 Å². The number of aromatic nitrogens is 2. The van der Waals surface area contributed by atoms with Gasteiger partial charge in [0.2, 0.25) is 0 Å². The second-order valence-corrected chi connectivity index (χ2v) is 5.13. The summed E-state index contributed by atoms with van der Waals surface area (Å²) in [4.78, 5) is 0. The number of halogens is 1. The van der Waals surface area contributed by atoms with Crippen LogP contribution in [0.3, 0.4) is 0 Å². The molecule has 2 aromatic heterocycles. The molecule has 0 amide bonds. The van der Waals surface area contributed by atoms with E-state index in [9.17, 15) is 0 Å². The van der Waals surface area contributed by atoms with Crippen molar-refractivity contribution in [1.82, 2.24) is 15.5 Å². The van der Waals surface area contributed by atoms with Crippen molar-refractivity contribution in [3.8, 4) is 11.3 Å². The lowest BCUT2D eigenvalue weighted by Gasteiger charge is -2.02. The van der Waals surface area contributed by atoms with Crippen molar-refractivity contribution in [1.29, 1.82) is 0 Å². The van der Waals surface area contributed by atoms with Gasteiger partial charge in [-0.2, -0.15) is 5.10 Å². The van der Waals surface area contributed by atoms with E-state index in [-0.39, 0.29) is 0 Å². The van der Waals surface area contributed by atoms with Crippen LogP contribution in [0, 0.1) is 0 Å². The summed E-state index contributed by atoms with van der Waals surface area (Å²) in [5, 5.41) is 12.5. The molecule has 16 heavy (non-hydrogen) atoms. The zero-order chi connectivity index (χ0) is 11.4. The van der Waals surface area contributed by atoms with Gasteiger partial charge in [-0.3, -0.25) is 5.10 Å². The molecule has 2 N–H and O–H groups in total. The van der Waals surface area contributed by atoms with E-state index in [0.717, 1.165) is 35.1 Å². The molecule has 0 spiro atoms. The predicted octanol–water partition coefficient (Wildman–Crippen LogP) is 3.29. The SMILES string of the molecule is CCCNCc1cn[nH]c1-c1csc(Cl)c1. The van der Waals surface area contributed by atoms with Crippen molar-refractivity contribution in [2.45, 2.75) is 19.9 Å². The lowest BCUT2D eigenvalue weighted by molar-refractivity contribution is 0.676. The van der Waals surface area contributed by atoms with Crippen LogP contribution in [0.1, 0.15) is 18.9 Å². The molecule has 0 unspecified atom stereocenters. The van der Waals surface area contributed by atoms with Crippen LogP contribution in [-0.4, -0.2) is 16.7 Å². The summed E-state index contributed by atoms with van der Waals surface area (Å²) in [5.74, 6) is 0. The molecule has 0 aliphatic carbocycles. The van der Waals surface area contributed by atoms with Crippen LogP contribution in [0.4, 0.5) is 0 Å². The molecule has 86 valence electrons. The lowest BCUT2D eigenvalue weighted by atomic mass is 10.1. The smallest absolute Gasteiger partial charge is 0.0935 e. The molecule has 0 aliphatic heterocycles. The highest BCUT2D eigenvalue weighted by molar-refractivity contribution is 7.14. The van der Waals surface area contributed by atoms with Gasteiger partial charge in [-0.1, -0.05) is 18.5 Å². The monoisotopic (exact) mass is 255 g/mol. The first-order valence-electron chi connectivity index (χ1n) is 5.28. The summed E-state index contributed by atoms with van der Waals surface area (Å²) in [5.41, 5.74) is 3.36. The summed E-state index contributed by atoms with van der Waals surface area (Å²) in [7, 11) is 0. The molecule has 0 saturated carbocycles. The Morgan fingerprint density at radius 1 is 1.56 bits per heavy atom. The van der Waals surface area contributed by atoms with Crippen molar-refractivity contribution in [3.05, 3.63) is 27.5 Å². The normalized spacial score (nSPS) is 10.9. The van der Waals surface area contributed by atoms with E-state index >= 15 is 0 Å². The molecule has 0 fully saturated rings. The number of aromatic amines is 1. The fraction of sp³-hybridized carbons (Fsp3) is 0.364. The predicted molar refractivity (Wildman–Crippen MR) is 68.9 cm³/mol. The second-order valence-electron chi connectivity index (χ2n) is 3.59. The van der Waals surface area contributed by atoms with E-state index in [1.54, 1.807) is 0 Å². The van der Waals surface area contributed by atoms with Gasteiger partial charge >= 0.3 is 0 Å². The number of hydrogen-bond donors (Lipinski definition) is 2. The van der Waals surface area contributed by atoms with Crippen LogP contribution in [-0.2, 0) is 6.54 Å². The van der Waals surface area contributed by atoms with Gasteiger partial charge in [0.05, 0.1) is 16.2 Å². The summed E-state index contributed by atoms with van der Waals surface area (Å²) in [6, 6.07) is 1.96. The Labute approximate surface area is 104 Å². The van der Waals surface area contributed by atoms with Gasteiger partial charge in [0.25, 0.3) is 0 Å². The highest BCUT2D eigenvalue weighted by Gasteiger charge is 2.08. The fourth-order valence-electron chi connectivity index (χ4n) is 1.54. The molecular weight excluding hydrogens is 242 g/mol. The Morgan fingerprint density at radius 3 is 3.12 bits per heavy atom. The molecule has 0 radical (unpaired) electrons. The molecule has 5 heteroatoms. The van der Waals surface area contributed by atoms with Gasteiger partial charge in [-0.25, -0.2) is 0 Å². The molecule has 2 rings (SSSR count). The molecule has 0 aliphatic rings. The standard InChI is InChI=1S/C11H14ClN3S/c1-2-3-13-5-9-6-14-15-11(9)8-4-10(12)16-7-8/h4,6-7,13H,2-3,5H2,1H3,(H,14,15). The Kier molecular flexibility index (Phi) is 3.98. The number of rotatable bonds is 5. The van der Waals surface area contributed by atoms with Crippen LogP contribution in [0.2, 0.25) is 4.34 Å². The quantitative estimate of drug-likeness (QED) is 0.805. The Morgan fingerprint density at radius 2 is 2.44 bits per heavy atom. The second kappa shape index (κ2) is 5.48. The third-order valence-corrected chi connectivity index (χ3v) is 3.41. The van der Waals surface area contributed by atoms with Gasteiger partial charge in [0.15, 0.2) is 0 Å². The summed E-state index contributed by atoms with van der Waals surface area (Å²) in [6.07, 6.45) is 3.00. The minimum absolute atomic E-state index is 0.803. The molecule has 0 saturated heterocycles. The Hall–Kier alpha value is -0.840. The van der Waals surface area contributed by atoms with Crippen LogP contribution >= 0.6 is 22.9 Å². The third-order valence-electron chi connectivity index (χ3n) is 2.32. The molecule has 3 nitrogen and oxygen atoms in total. The number of thiophene rings is 1. The first kappa shape index (κ1) is 11.6. The fourth-order valence-corrected chi connectivity index (χ4v) is 2.41. The average Bonchev–Trinajstić information content (AvgIpc) is 2.87. The van der Waals surface area contributed by atoms with Crippen molar-refractivity contribution in [2.75, 3.05) is 6.54 Å². The third kappa shape index (κ3) is 2.64. The van der Waals surface area contributed by atoms with E-state index in [0.29, 0.717) is 0 Å². The average molecular weight is 256 g/mol. The van der Waals surface area contributed by atoms with Crippen molar-refractivity contribution >= 4 is 22.9 Å². The molecule has 2 heterocycles. The van der Waals surface area contributed by atoms with Gasteiger partial charge in [-0.15, -0.1) is 11.3 Å². The maximum atomic E-state index is 5.93. The number of hydrogen-bond acceptors (Lipinski definition) is 3. The zero-order valence-electron chi connectivity index (χ0n) is 9.09. The van der Waals surface area contributed by atoms with Gasteiger partial charge in [0, 0.05) is 23.1 Å². The highest BCUT2D eigenvalue weighted by atomic mass is 35.5. The summed E-state index contributed by atoms with van der Waals surface area (Å²) in [6.45, 7) is 4.02. The van der Waals surface area contributed by atoms with E-state index in [2.05, 4.69) is 22.4 Å². The van der Waals surface area contributed by atoms with Crippen LogP contribution in [0.5, 0.6) is 0 Å². The first-order valence-corrected chi connectivity index (χ1v) is 6.54. The van der Waals surface area contributed by atoms with Crippen molar-refractivity contribution in [3.63, 3.8) is 0 Å². The molecule has 0 bridgehead atoms. The Balaban J connectivity index is 2.12. The van der Waals surface area contributed by atoms with Gasteiger partial charge < -0.3 is 5.32 Å². The maximum Gasteiger partial charge on any atom is 0.0935 e. The first-order chi connectivity index (χ1) is 7.81. The minimum atomic E-state index is 0.803. The number of nitrogens with zero attached hydrogens (tertiary/aromatic N) is 1. The maximum absolute atomic E-state index is 5.93. The van der Waals surface area contributed by atoms with Gasteiger partial charge in [-0.05, 0) is 19.0 Å². The van der Waals surface area contributed by atoms with Crippen LogP contribution < -0.4 is 5.32 Å². The van der Waals surface area contributed by atoms with Gasteiger partial charge in [0.1, 0.15) is 0 Å². The molecule has 0 atom stereocenters. The van der Waals surface area contributed by atoms with Crippen LogP contribution in [0.25, 0.3) is 11.3 Å². The van der Waals surface area contributed by atoms with E-state index in [1.807, 2.05) is 17.6 Å². The highest BCUT2D eigenvalue weighted by Crippen LogP contribution is 2.29. The number of nitrogens with one attached hydrogen (secondary N) is 2.